The maximum Gasteiger partial charge on any atom is 0.123 e. The van der Waals surface area contributed by atoms with Crippen molar-refractivity contribution >= 4 is 0 Å². The first-order valence-corrected chi connectivity index (χ1v) is 6.18. The molecule has 0 aliphatic heterocycles. The van der Waals surface area contributed by atoms with Crippen molar-refractivity contribution in [1.82, 2.24) is 5.32 Å². The highest BCUT2D eigenvalue weighted by atomic mass is 19.1. The smallest absolute Gasteiger partial charge is 0.123 e. The zero-order chi connectivity index (χ0) is 12.3. The molecule has 0 aromatic heterocycles. The number of methoxy groups -OCH3 is 1. The average molecular weight is 237 g/mol. The highest BCUT2D eigenvalue weighted by Crippen LogP contribution is 2.47. The van der Waals surface area contributed by atoms with E-state index in [0.29, 0.717) is 11.8 Å². The van der Waals surface area contributed by atoms with Crippen LogP contribution in [0.4, 0.5) is 4.39 Å². The van der Waals surface area contributed by atoms with Crippen molar-refractivity contribution in [3.63, 3.8) is 0 Å². The molecule has 2 atom stereocenters. The molecule has 1 aromatic carbocycles. The van der Waals surface area contributed by atoms with Gasteiger partial charge in [-0.05, 0) is 55.0 Å². The van der Waals surface area contributed by atoms with Crippen LogP contribution in [0.1, 0.15) is 23.5 Å². The molecule has 1 saturated carbocycles. The monoisotopic (exact) mass is 237 g/mol. The molecule has 2 unspecified atom stereocenters. The molecule has 2 rings (SSSR count). The van der Waals surface area contributed by atoms with Crippen LogP contribution >= 0.6 is 0 Å². The van der Waals surface area contributed by atoms with Crippen LogP contribution in [0.5, 0.6) is 0 Å². The van der Waals surface area contributed by atoms with Crippen LogP contribution in [-0.2, 0) is 4.74 Å². The Bertz CT molecular complexity index is 380. The van der Waals surface area contributed by atoms with Crippen LogP contribution in [0.3, 0.4) is 0 Å². The first-order chi connectivity index (χ1) is 8.22. The van der Waals surface area contributed by atoms with E-state index in [1.54, 1.807) is 19.2 Å². The lowest BCUT2D eigenvalue weighted by atomic mass is 10.0. The molecule has 2 nitrogen and oxygen atoms in total. The third-order valence-electron chi connectivity index (χ3n) is 3.44. The Morgan fingerprint density at radius 1 is 1.47 bits per heavy atom. The van der Waals surface area contributed by atoms with Crippen LogP contribution in [0.2, 0.25) is 0 Å². The maximum absolute atomic E-state index is 13.0. The number of nitrogens with one attached hydrogen (secondary N) is 1. The van der Waals surface area contributed by atoms with E-state index in [0.717, 1.165) is 25.3 Å². The molecule has 0 radical (unpaired) electrons. The van der Waals surface area contributed by atoms with Gasteiger partial charge in [0, 0.05) is 13.7 Å². The Morgan fingerprint density at radius 3 is 3.00 bits per heavy atom. The minimum absolute atomic E-state index is 0.137. The third kappa shape index (κ3) is 3.27. The first kappa shape index (κ1) is 12.5. The summed E-state index contributed by atoms with van der Waals surface area (Å²) in [6.07, 6.45) is 1.21. The summed E-state index contributed by atoms with van der Waals surface area (Å²) < 4.78 is 18.0. The Hall–Kier alpha value is -0.930. The molecule has 17 heavy (non-hydrogen) atoms. The summed E-state index contributed by atoms with van der Waals surface area (Å²) >= 11 is 0. The Kier molecular flexibility index (Phi) is 4.13. The number of rotatable bonds is 6. The van der Waals surface area contributed by atoms with Gasteiger partial charge in [-0.2, -0.15) is 0 Å². The summed E-state index contributed by atoms with van der Waals surface area (Å²) in [5, 5.41) is 3.38. The van der Waals surface area contributed by atoms with Crippen LogP contribution in [0, 0.1) is 18.7 Å². The van der Waals surface area contributed by atoms with E-state index in [1.807, 2.05) is 13.0 Å². The van der Waals surface area contributed by atoms with Crippen molar-refractivity contribution in [2.45, 2.75) is 19.3 Å². The molecule has 1 N–H and O–H groups in total. The first-order valence-electron chi connectivity index (χ1n) is 6.18. The maximum atomic E-state index is 13.0. The molecule has 0 bridgehead atoms. The largest absolute Gasteiger partial charge is 0.383 e. The summed E-state index contributed by atoms with van der Waals surface area (Å²) in [5.74, 6) is 1.18. The van der Waals surface area contributed by atoms with Gasteiger partial charge in [-0.25, -0.2) is 4.39 Å². The fourth-order valence-electron chi connectivity index (χ4n) is 2.37. The van der Waals surface area contributed by atoms with Crippen LogP contribution in [-0.4, -0.2) is 26.8 Å². The molecule has 94 valence electrons. The Morgan fingerprint density at radius 2 is 2.29 bits per heavy atom. The second-order valence-corrected chi connectivity index (χ2v) is 4.80. The minimum Gasteiger partial charge on any atom is -0.383 e. The molecular weight excluding hydrogens is 217 g/mol. The lowest BCUT2D eigenvalue weighted by molar-refractivity contribution is 0.199. The molecule has 1 aromatic rings. The van der Waals surface area contributed by atoms with Crippen molar-refractivity contribution in [3.05, 3.63) is 35.1 Å². The van der Waals surface area contributed by atoms with Gasteiger partial charge in [0.05, 0.1) is 6.61 Å². The standard InChI is InChI=1S/C14H20FNO/c1-10-7-12(15)3-4-13(10)14-8-11(14)9-16-5-6-17-2/h3-4,7,11,14,16H,5-6,8-9H2,1-2H3. The van der Waals surface area contributed by atoms with Gasteiger partial charge >= 0.3 is 0 Å². The minimum atomic E-state index is -0.137. The van der Waals surface area contributed by atoms with Crippen LogP contribution in [0.15, 0.2) is 18.2 Å². The number of halogens is 1. The Labute approximate surface area is 102 Å². The number of ether oxygens (including phenoxy) is 1. The van der Waals surface area contributed by atoms with E-state index < -0.39 is 0 Å². The zero-order valence-corrected chi connectivity index (χ0v) is 10.5. The highest BCUT2D eigenvalue weighted by molar-refractivity contribution is 5.34. The average Bonchev–Trinajstić information content (AvgIpc) is 3.04. The SMILES string of the molecule is COCCNCC1CC1c1ccc(F)cc1C. The summed E-state index contributed by atoms with van der Waals surface area (Å²) in [6.45, 7) is 4.69. The van der Waals surface area contributed by atoms with Crippen molar-refractivity contribution < 1.29 is 9.13 Å². The summed E-state index contributed by atoms with van der Waals surface area (Å²) in [5.41, 5.74) is 2.39. The molecular formula is C14H20FNO. The predicted molar refractivity (Wildman–Crippen MR) is 66.7 cm³/mol. The van der Waals surface area contributed by atoms with Gasteiger partial charge in [0.25, 0.3) is 0 Å². The second kappa shape index (κ2) is 5.61. The van der Waals surface area contributed by atoms with Crippen LogP contribution in [0.25, 0.3) is 0 Å². The molecule has 0 saturated heterocycles. The number of hydrogen-bond donors (Lipinski definition) is 1. The topological polar surface area (TPSA) is 21.3 Å². The highest BCUT2D eigenvalue weighted by Gasteiger charge is 2.38. The molecule has 3 heteroatoms. The number of hydrogen-bond acceptors (Lipinski definition) is 2. The lowest BCUT2D eigenvalue weighted by Gasteiger charge is -2.06. The Balaban J connectivity index is 1.81. The van der Waals surface area contributed by atoms with Crippen molar-refractivity contribution in [3.8, 4) is 0 Å². The van der Waals surface area contributed by atoms with E-state index >= 15 is 0 Å². The molecule has 0 heterocycles. The van der Waals surface area contributed by atoms with E-state index in [2.05, 4.69) is 5.32 Å². The molecule has 1 fully saturated rings. The van der Waals surface area contributed by atoms with Gasteiger partial charge < -0.3 is 10.1 Å². The van der Waals surface area contributed by atoms with E-state index in [1.165, 1.54) is 12.0 Å². The number of benzene rings is 1. The molecule has 0 spiro atoms. The van der Waals surface area contributed by atoms with Crippen molar-refractivity contribution in [2.75, 3.05) is 26.8 Å². The molecule has 1 aliphatic carbocycles. The molecule has 1 aliphatic rings. The van der Waals surface area contributed by atoms with Gasteiger partial charge in [0.1, 0.15) is 5.82 Å². The van der Waals surface area contributed by atoms with Gasteiger partial charge in [0.15, 0.2) is 0 Å². The van der Waals surface area contributed by atoms with E-state index in [9.17, 15) is 4.39 Å². The summed E-state index contributed by atoms with van der Waals surface area (Å²) in [4.78, 5) is 0. The van der Waals surface area contributed by atoms with E-state index in [4.69, 9.17) is 4.74 Å². The molecule has 0 amide bonds. The second-order valence-electron chi connectivity index (χ2n) is 4.80. The van der Waals surface area contributed by atoms with Crippen LogP contribution < -0.4 is 5.32 Å². The van der Waals surface area contributed by atoms with Crippen molar-refractivity contribution in [2.24, 2.45) is 5.92 Å². The summed E-state index contributed by atoms with van der Waals surface area (Å²) in [6, 6.07) is 5.13. The van der Waals surface area contributed by atoms with Crippen molar-refractivity contribution in [1.29, 1.82) is 0 Å². The van der Waals surface area contributed by atoms with E-state index in [-0.39, 0.29) is 5.82 Å². The normalized spacial score (nSPS) is 22.8. The zero-order valence-electron chi connectivity index (χ0n) is 10.5. The predicted octanol–water partition coefficient (Wildman–Crippen LogP) is 2.47. The fraction of sp³-hybridized carbons (Fsp3) is 0.571. The quantitative estimate of drug-likeness (QED) is 0.767. The summed E-state index contributed by atoms with van der Waals surface area (Å²) in [7, 11) is 1.71. The van der Waals surface area contributed by atoms with Gasteiger partial charge in [0.2, 0.25) is 0 Å². The van der Waals surface area contributed by atoms with Gasteiger partial charge in [-0.15, -0.1) is 0 Å². The number of aryl methyl sites for hydroxylation is 1. The van der Waals surface area contributed by atoms with Gasteiger partial charge in [-0.1, -0.05) is 6.07 Å². The van der Waals surface area contributed by atoms with Gasteiger partial charge in [-0.3, -0.25) is 0 Å². The third-order valence-corrected chi connectivity index (χ3v) is 3.44. The fourth-order valence-corrected chi connectivity index (χ4v) is 2.37. The lowest BCUT2D eigenvalue weighted by Crippen LogP contribution is -2.21.